The molecule has 0 radical (unpaired) electrons. The van der Waals surface area contributed by atoms with Gasteiger partial charge in [-0.3, -0.25) is 10.1 Å². The first-order valence-electron chi connectivity index (χ1n) is 4.11. The Labute approximate surface area is 81.3 Å². The molecule has 0 saturated heterocycles. The van der Waals surface area contributed by atoms with E-state index in [2.05, 4.69) is 0 Å². The molecule has 0 saturated carbocycles. The van der Waals surface area contributed by atoms with E-state index in [1.54, 1.807) is 20.8 Å². The lowest BCUT2D eigenvalue weighted by molar-refractivity contribution is 0.0964. The van der Waals surface area contributed by atoms with Crippen molar-refractivity contribution in [3.05, 3.63) is 22.6 Å². The Balaban J connectivity index is 3.06. The van der Waals surface area contributed by atoms with Crippen LogP contribution in [0.5, 0.6) is 0 Å². The van der Waals surface area contributed by atoms with Gasteiger partial charge in [-0.2, -0.15) is 0 Å². The molecular weight excluding hydrogens is 184 g/mol. The molecule has 0 aromatic carbocycles. The summed E-state index contributed by atoms with van der Waals surface area (Å²) in [5.41, 5.74) is 5.94. The molecule has 0 aliphatic rings. The van der Waals surface area contributed by atoms with Gasteiger partial charge in [0.25, 0.3) is 5.91 Å². The third-order valence-corrected chi connectivity index (χ3v) is 2.03. The topological polar surface area (TPSA) is 85.3 Å². The molecule has 5 heteroatoms. The van der Waals surface area contributed by atoms with Crippen LogP contribution in [-0.4, -0.2) is 11.9 Å². The molecule has 1 aromatic heterocycles. The van der Waals surface area contributed by atoms with Gasteiger partial charge in [0.2, 0.25) is 0 Å². The smallest absolute Gasteiger partial charge is 0.319 e. The molecule has 76 valence electrons. The summed E-state index contributed by atoms with van der Waals surface area (Å²) in [6.07, 6.45) is 0. The third-order valence-electron chi connectivity index (χ3n) is 2.03. The lowest BCUT2D eigenvalue weighted by atomic mass is 10.1. The molecule has 0 aliphatic carbocycles. The number of urea groups is 1. The lowest BCUT2D eigenvalue weighted by Crippen LogP contribution is -2.35. The SMILES string of the molecule is Cc1oc(C)c(C(=O)NC(N)=O)c1C. The first-order valence-corrected chi connectivity index (χ1v) is 4.11. The maximum Gasteiger partial charge on any atom is 0.319 e. The highest BCUT2D eigenvalue weighted by molar-refractivity contribution is 6.05. The van der Waals surface area contributed by atoms with Crippen molar-refractivity contribution >= 4 is 11.9 Å². The van der Waals surface area contributed by atoms with Crippen molar-refractivity contribution in [1.29, 1.82) is 0 Å². The number of primary amides is 1. The van der Waals surface area contributed by atoms with E-state index in [4.69, 9.17) is 10.2 Å². The Hall–Kier alpha value is -1.78. The van der Waals surface area contributed by atoms with Gasteiger partial charge in [-0.1, -0.05) is 0 Å². The maximum absolute atomic E-state index is 11.4. The summed E-state index contributed by atoms with van der Waals surface area (Å²) in [6.45, 7) is 5.17. The highest BCUT2D eigenvalue weighted by atomic mass is 16.3. The Kier molecular flexibility index (Phi) is 2.60. The van der Waals surface area contributed by atoms with E-state index < -0.39 is 11.9 Å². The van der Waals surface area contributed by atoms with Gasteiger partial charge in [0, 0.05) is 5.56 Å². The van der Waals surface area contributed by atoms with Crippen molar-refractivity contribution in [2.24, 2.45) is 5.73 Å². The van der Waals surface area contributed by atoms with Crippen molar-refractivity contribution < 1.29 is 14.0 Å². The molecule has 5 nitrogen and oxygen atoms in total. The molecule has 3 N–H and O–H groups in total. The Morgan fingerprint density at radius 3 is 2.14 bits per heavy atom. The molecule has 0 bridgehead atoms. The van der Waals surface area contributed by atoms with E-state index in [-0.39, 0.29) is 0 Å². The summed E-state index contributed by atoms with van der Waals surface area (Å²) in [5.74, 6) is 0.625. The summed E-state index contributed by atoms with van der Waals surface area (Å²) >= 11 is 0. The first-order chi connectivity index (χ1) is 6.43. The van der Waals surface area contributed by atoms with Gasteiger partial charge >= 0.3 is 6.03 Å². The second kappa shape index (κ2) is 3.53. The largest absolute Gasteiger partial charge is 0.466 e. The highest BCUT2D eigenvalue weighted by Gasteiger charge is 2.19. The Morgan fingerprint density at radius 1 is 1.21 bits per heavy atom. The van der Waals surface area contributed by atoms with Gasteiger partial charge in [0.1, 0.15) is 11.5 Å². The third kappa shape index (κ3) is 1.76. The molecular formula is C9H12N2O3. The minimum atomic E-state index is -0.868. The summed E-state index contributed by atoms with van der Waals surface area (Å²) in [6, 6.07) is -0.868. The molecule has 1 heterocycles. The van der Waals surface area contributed by atoms with Crippen LogP contribution in [0.3, 0.4) is 0 Å². The molecule has 3 amide bonds. The zero-order valence-corrected chi connectivity index (χ0v) is 8.30. The molecule has 0 unspecified atom stereocenters. The van der Waals surface area contributed by atoms with Crippen LogP contribution in [-0.2, 0) is 0 Å². The van der Waals surface area contributed by atoms with E-state index in [0.717, 1.165) is 5.56 Å². The standard InChI is InChI=1S/C9H12N2O3/c1-4-5(2)14-6(3)7(4)8(12)11-9(10)13/h1-3H3,(H3,10,11,12,13). The van der Waals surface area contributed by atoms with Crippen molar-refractivity contribution in [2.45, 2.75) is 20.8 Å². The van der Waals surface area contributed by atoms with Gasteiger partial charge in [0.05, 0.1) is 5.56 Å². The van der Waals surface area contributed by atoms with Crippen LogP contribution in [0, 0.1) is 20.8 Å². The van der Waals surface area contributed by atoms with Gasteiger partial charge in [0.15, 0.2) is 0 Å². The van der Waals surface area contributed by atoms with Gasteiger partial charge in [-0.15, -0.1) is 0 Å². The van der Waals surface area contributed by atoms with Crippen molar-refractivity contribution in [3.8, 4) is 0 Å². The predicted molar refractivity (Wildman–Crippen MR) is 50.0 cm³/mol. The second-order valence-corrected chi connectivity index (χ2v) is 3.03. The van der Waals surface area contributed by atoms with Gasteiger partial charge in [-0.05, 0) is 20.8 Å². The Bertz CT molecular complexity index is 393. The van der Waals surface area contributed by atoms with Crippen molar-refractivity contribution in [2.75, 3.05) is 0 Å². The van der Waals surface area contributed by atoms with Crippen LogP contribution in [0.25, 0.3) is 0 Å². The summed E-state index contributed by atoms with van der Waals surface area (Å²) in [4.78, 5) is 21.9. The number of carbonyl (C=O) groups excluding carboxylic acids is 2. The van der Waals surface area contributed by atoms with Crippen molar-refractivity contribution in [1.82, 2.24) is 5.32 Å². The molecule has 0 atom stereocenters. The molecule has 0 aliphatic heterocycles. The maximum atomic E-state index is 11.4. The summed E-state index contributed by atoms with van der Waals surface area (Å²) in [5, 5.41) is 1.99. The number of amides is 3. The molecule has 1 rings (SSSR count). The summed E-state index contributed by atoms with van der Waals surface area (Å²) in [7, 11) is 0. The van der Waals surface area contributed by atoms with Crippen LogP contribution < -0.4 is 11.1 Å². The van der Waals surface area contributed by atoms with Gasteiger partial charge < -0.3 is 10.2 Å². The number of carbonyl (C=O) groups is 2. The number of rotatable bonds is 1. The average Bonchev–Trinajstić information content (AvgIpc) is 2.25. The van der Waals surface area contributed by atoms with Crippen LogP contribution in [0.1, 0.15) is 27.4 Å². The van der Waals surface area contributed by atoms with E-state index >= 15 is 0 Å². The fourth-order valence-corrected chi connectivity index (χ4v) is 1.30. The number of aryl methyl sites for hydroxylation is 2. The quantitative estimate of drug-likeness (QED) is 0.702. The average molecular weight is 196 g/mol. The predicted octanol–water partition coefficient (Wildman–Crippen LogP) is 1.01. The molecule has 14 heavy (non-hydrogen) atoms. The number of hydrogen-bond acceptors (Lipinski definition) is 3. The number of furan rings is 1. The van der Waals surface area contributed by atoms with Crippen LogP contribution >= 0.6 is 0 Å². The first kappa shape index (κ1) is 10.3. The van der Waals surface area contributed by atoms with E-state index in [1.165, 1.54) is 0 Å². The number of imide groups is 1. The number of nitrogens with two attached hydrogens (primary N) is 1. The number of nitrogens with one attached hydrogen (secondary N) is 1. The minimum absolute atomic E-state index is 0.376. The molecule has 1 aromatic rings. The molecule has 0 fully saturated rings. The zero-order chi connectivity index (χ0) is 10.9. The Morgan fingerprint density at radius 2 is 1.79 bits per heavy atom. The monoisotopic (exact) mass is 196 g/mol. The van der Waals surface area contributed by atoms with Gasteiger partial charge in [-0.25, -0.2) is 4.79 Å². The summed E-state index contributed by atoms with van der Waals surface area (Å²) < 4.78 is 5.24. The van der Waals surface area contributed by atoms with E-state index in [1.807, 2.05) is 5.32 Å². The minimum Gasteiger partial charge on any atom is -0.466 e. The molecule has 0 spiro atoms. The zero-order valence-electron chi connectivity index (χ0n) is 8.30. The normalized spacial score (nSPS) is 9.93. The van der Waals surface area contributed by atoms with Crippen molar-refractivity contribution in [3.63, 3.8) is 0 Å². The van der Waals surface area contributed by atoms with Crippen LogP contribution in [0.4, 0.5) is 4.79 Å². The van der Waals surface area contributed by atoms with E-state index in [0.29, 0.717) is 17.1 Å². The van der Waals surface area contributed by atoms with Crippen LogP contribution in [0.2, 0.25) is 0 Å². The lowest BCUT2D eigenvalue weighted by Gasteiger charge is -1.99. The van der Waals surface area contributed by atoms with Crippen LogP contribution in [0.15, 0.2) is 4.42 Å². The fraction of sp³-hybridized carbons (Fsp3) is 0.333. The number of hydrogen-bond donors (Lipinski definition) is 2. The highest BCUT2D eigenvalue weighted by Crippen LogP contribution is 2.20. The van der Waals surface area contributed by atoms with E-state index in [9.17, 15) is 9.59 Å². The second-order valence-electron chi connectivity index (χ2n) is 3.03. The fourth-order valence-electron chi connectivity index (χ4n) is 1.30.